The molecular weight excluding hydrogens is 516 g/mol. The maximum absolute atomic E-state index is 12.7. The zero-order chi connectivity index (χ0) is 27.9. The first-order chi connectivity index (χ1) is 18.7. The number of benzene rings is 3. The third-order valence-corrected chi connectivity index (χ3v) is 5.11. The van der Waals surface area contributed by atoms with Crippen molar-refractivity contribution in [2.24, 2.45) is 0 Å². The number of nitro groups is 2. The largest absolute Gasteiger partial charge is 0.426 e. The van der Waals surface area contributed by atoms with Crippen LogP contribution < -0.4 is 14.8 Å². The molecule has 3 aromatic carbocycles. The molecule has 0 aliphatic carbocycles. The topological polar surface area (TPSA) is 210 Å². The first-order valence-corrected chi connectivity index (χ1v) is 10.9. The number of anilines is 1. The summed E-state index contributed by atoms with van der Waals surface area (Å²) in [6, 6.07) is 14.2. The van der Waals surface area contributed by atoms with Crippen LogP contribution in [0.2, 0.25) is 0 Å². The predicted molar refractivity (Wildman–Crippen MR) is 131 cm³/mol. The van der Waals surface area contributed by atoms with Crippen molar-refractivity contribution in [2.75, 3.05) is 5.32 Å². The Bertz CT molecular complexity index is 1570. The summed E-state index contributed by atoms with van der Waals surface area (Å²) in [7, 11) is 0. The van der Waals surface area contributed by atoms with Gasteiger partial charge in [0.15, 0.2) is 0 Å². The SMILES string of the molecule is O=C(Cc1ccc([N+](=O)[O-])cc1[N+](=O)[O-])Oc1ccc(C(=O)Oc2ccccc2C(=O)Nc2ncn[nH]2)cc1. The van der Waals surface area contributed by atoms with Crippen LogP contribution in [0.25, 0.3) is 0 Å². The molecule has 0 aliphatic rings. The Labute approximate surface area is 217 Å². The second-order valence-electron chi connectivity index (χ2n) is 7.68. The van der Waals surface area contributed by atoms with Gasteiger partial charge in [-0.2, -0.15) is 10.1 Å². The van der Waals surface area contributed by atoms with Gasteiger partial charge in [-0.1, -0.05) is 12.1 Å². The van der Waals surface area contributed by atoms with Crippen molar-refractivity contribution in [3.05, 3.63) is 110 Å². The maximum atomic E-state index is 12.7. The summed E-state index contributed by atoms with van der Waals surface area (Å²) in [5.41, 5.74) is -1.00. The molecule has 196 valence electrons. The Hall–Kier alpha value is -5.99. The summed E-state index contributed by atoms with van der Waals surface area (Å²) >= 11 is 0. The van der Waals surface area contributed by atoms with Crippen LogP contribution in [0.5, 0.6) is 11.5 Å². The predicted octanol–water partition coefficient (Wildman–Crippen LogP) is 3.24. The molecular formula is C24H16N6O9. The van der Waals surface area contributed by atoms with E-state index in [9.17, 15) is 34.6 Å². The monoisotopic (exact) mass is 532 g/mol. The van der Waals surface area contributed by atoms with Crippen LogP contribution in [0.4, 0.5) is 17.3 Å². The number of nitrogens with zero attached hydrogens (tertiary/aromatic N) is 4. The zero-order valence-corrected chi connectivity index (χ0v) is 19.6. The molecule has 15 nitrogen and oxygen atoms in total. The second-order valence-corrected chi connectivity index (χ2v) is 7.68. The van der Waals surface area contributed by atoms with Crippen LogP contribution in [0, 0.1) is 20.2 Å². The highest BCUT2D eigenvalue weighted by molar-refractivity contribution is 6.06. The van der Waals surface area contributed by atoms with Gasteiger partial charge in [0.25, 0.3) is 17.3 Å². The van der Waals surface area contributed by atoms with E-state index in [4.69, 9.17) is 9.47 Å². The lowest BCUT2D eigenvalue weighted by Gasteiger charge is -2.10. The Morgan fingerprint density at radius 3 is 2.33 bits per heavy atom. The number of hydrogen-bond acceptors (Lipinski definition) is 11. The standard InChI is InChI=1S/C24H16N6O9/c31-21(11-15-5-8-16(29(34)35)12-19(15)30(36)37)38-17-9-6-14(7-10-17)23(33)39-20-4-2-1-3-18(20)22(32)27-24-25-13-26-28-24/h1-10,12-13H,11H2,(H2,25,26,27,28,32). The Balaban J connectivity index is 1.40. The average Bonchev–Trinajstić information content (AvgIpc) is 3.42. The summed E-state index contributed by atoms with van der Waals surface area (Å²) in [5.74, 6) is -2.13. The van der Waals surface area contributed by atoms with Gasteiger partial charge in [0.1, 0.15) is 17.8 Å². The number of hydrogen-bond donors (Lipinski definition) is 2. The molecule has 0 unspecified atom stereocenters. The number of nitrogens with one attached hydrogen (secondary N) is 2. The van der Waals surface area contributed by atoms with Gasteiger partial charge in [-0.15, -0.1) is 0 Å². The van der Waals surface area contributed by atoms with E-state index in [0.29, 0.717) is 0 Å². The van der Waals surface area contributed by atoms with E-state index in [0.717, 1.165) is 18.2 Å². The number of rotatable bonds is 9. The highest BCUT2D eigenvalue weighted by Crippen LogP contribution is 2.26. The lowest BCUT2D eigenvalue weighted by Crippen LogP contribution is -2.17. The molecule has 0 radical (unpaired) electrons. The van der Waals surface area contributed by atoms with Crippen molar-refractivity contribution in [3.8, 4) is 11.5 Å². The molecule has 0 bridgehead atoms. The van der Waals surface area contributed by atoms with E-state index in [1.54, 1.807) is 12.1 Å². The van der Waals surface area contributed by atoms with E-state index in [1.807, 2.05) is 0 Å². The van der Waals surface area contributed by atoms with Gasteiger partial charge in [0.05, 0.1) is 33.5 Å². The van der Waals surface area contributed by atoms with Gasteiger partial charge in [0.2, 0.25) is 5.95 Å². The molecule has 0 spiro atoms. The average molecular weight is 532 g/mol. The van der Waals surface area contributed by atoms with E-state index < -0.39 is 45.5 Å². The third kappa shape index (κ3) is 6.42. The van der Waals surface area contributed by atoms with Gasteiger partial charge >= 0.3 is 11.9 Å². The first kappa shape index (κ1) is 26.1. The summed E-state index contributed by atoms with van der Waals surface area (Å²) in [6.45, 7) is 0. The summed E-state index contributed by atoms with van der Waals surface area (Å²) < 4.78 is 10.5. The van der Waals surface area contributed by atoms with Crippen LogP contribution in [0.3, 0.4) is 0 Å². The lowest BCUT2D eigenvalue weighted by molar-refractivity contribution is -0.394. The van der Waals surface area contributed by atoms with E-state index in [2.05, 4.69) is 20.5 Å². The van der Waals surface area contributed by atoms with Crippen LogP contribution in [-0.4, -0.2) is 42.9 Å². The zero-order valence-electron chi connectivity index (χ0n) is 19.6. The van der Waals surface area contributed by atoms with Gasteiger partial charge in [-0.3, -0.25) is 35.1 Å². The molecule has 1 heterocycles. The van der Waals surface area contributed by atoms with Gasteiger partial charge in [-0.25, -0.2) is 9.89 Å². The molecule has 1 amide bonds. The molecule has 2 N–H and O–H groups in total. The van der Waals surface area contributed by atoms with Gasteiger partial charge < -0.3 is 9.47 Å². The number of ether oxygens (including phenoxy) is 2. The van der Waals surface area contributed by atoms with Crippen molar-refractivity contribution >= 4 is 35.2 Å². The molecule has 39 heavy (non-hydrogen) atoms. The number of non-ortho nitro benzene ring substituents is 1. The van der Waals surface area contributed by atoms with Crippen molar-refractivity contribution in [1.82, 2.24) is 15.2 Å². The number of para-hydroxylation sites is 1. The molecule has 15 heteroatoms. The highest BCUT2D eigenvalue weighted by atomic mass is 16.6. The molecule has 0 saturated heterocycles. The minimum Gasteiger partial charge on any atom is -0.426 e. The Kier molecular flexibility index (Phi) is 7.61. The van der Waals surface area contributed by atoms with Gasteiger partial charge in [-0.05, 0) is 42.5 Å². The van der Waals surface area contributed by atoms with Crippen molar-refractivity contribution in [1.29, 1.82) is 0 Å². The molecule has 0 atom stereocenters. The summed E-state index contributed by atoms with van der Waals surface area (Å²) in [4.78, 5) is 61.8. The van der Waals surface area contributed by atoms with E-state index in [1.165, 1.54) is 42.7 Å². The third-order valence-electron chi connectivity index (χ3n) is 5.11. The van der Waals surface area contributed by atoms with Crippen molar-refractivity contribution < 1.29 is 33.7 Å². The summed E-state index contributed by atoms with van der Waals surface area (Å²) in [5, 5.41) is 30.7. The van der Waals surface area contributed by atoms with Crippen molar-refractivity contribution in [2.45, 2.75) is 6.42 Å². The van der Waals surface area contributed by atoms with Crippen LogP contribution in [0.1, 0.15) is 26.3 Å². The van der Waals surface area contributed by atoms with Crippen LogP contribution >= 0.6 is 0 Å². The lowest BCUT2D eigenvalue weighted by atomic mass is 10.1. The fourth-order valence-electron chi connectivity index (χ4n) is 3.31. The molecule has 0 aliphatic heterocycles. The number of nitro benzene ring substituents is 2. The minimum atomic E-state index is -0.867. The van der Waals surface area contributed by atoms with E-state index >= 15 is 0 Å². The first-order valence-electron chi connectivity index (χ1n) is 10.9. The minimum absolute atomic E-state index is 0.0142. The number of carbonyl (C=O) groups is 3. The number of aromatic nitrogens is 3. The highest BCUT2D eigenvalue weighted by Gasteiger charge is 2.22. The maximum Gasteiger partial charge on any atom is 0.343 e. The van der Waals surface area contributed by atoms with E-state index in [-0.39, 0.29) is 34.1 Å². The molecule has 0 saturated carbocycles. The van der Waals surface area contributed by atoms with Crippen molar-refractivity contribution in [3.63, 3.8) is 0 Å². The normalized spacial score (nSPS) is 10.4. The smallest absolute Gasteiger partial charge is 0.343 e. The van der Waals surface area contributed by atoms with Crippen LogP contribution in [0.15, 0.2) is 73.1 Å². The second kappa shape index (κ2) is 11.4. The fraction of sp³-hybridized carbons (Fsp3) is 0.0417. The van der Waals surface area contributed by atoms with Crippen LogP contribution in [-0.2, 0) is 11.2 Å². The molecule has 4 rings (SSSR count). The number of aromatic amines is 1. The Morgan fingerprint density at radius 2 is 1.67 bits per heavy atom. The molecule has 4 aromatic rings. The number of carbonyl (C=O) groups excluding carboxylic acids is 3. The summed E-state index contributed by atoms with van der Waals surface area (Å²) in [6.07, 6.45) is 0.688. The fourth-order valence-corrected chi connectivity index (χ4v) is 3.31. The molecule has 0 fully saturated rings. The number of esters is 2. The quantitative estimate of drug-likeness (QED) is 0.138. The number of amides is 1. The Morgan fingerprint density at radius 1 is 0.923 bits per heavy atom. The molecule has 1 aromatic heterocycles. The number of H-pyrrole nitrogens is 1. The van der Waals surface area contributed by atoms with Gasteiger partial charge in [0, 0.05) is 11.6 Å².